The molecule has 4 N–H and O–H groups in total. The molecular formula is C23H30N2O7S. The number of methoxy groups -OCH3 is 1. The van der Waals surface area contributed by atoms with E-state index in [1.165, 1.54) is 6.92 Å². The third-order valence-electron chi connectivity index (χ3n) is 6.20. The molecule has 0 aromatic heterocycles. The number of oxime groups is 1. The summed E-state index contributed by atoms with van der Waals surface area (Å²) in [6.07, 6.45) is -1.24. The molecule has 0 saturated carbocycles. The molecule has 1 aliphatic heterocycles. The predicted molar refractivity (Wildman–Crippen MR) is 124 cm³/mol. The predicted octanol–water partition coefficient (Wildman–Crippen LogP) is 2.02. The first kappa shape index (κ1) is 25.3. The smallest absolute Gasteiger partial charge is 0.156 e. The summed E-state index contributed by atoms with van der Waals surface area (Å²) in [7, 11) is -2.16. The van der Waals surface area contributed by atoms with Crippen molar-refractivity contribution in [2.45, 2.75) is 42.9 Å². The maximum absolute atomic E-state index is 12.2. The third kappa shape index (κ3) is 5.43. The van der Waals surface area contributed by atoms with Crippen molar-refractivity contribution in [1.29, 1.82) is 0 Å². The van der Waals surface area contributed by atoms with Gasteiger partial charge in [-0.1, -0.05) is 53.7 Å². The Balaban J connectivity index is 1.69. The second kappa shape index (κ2) is 10.3. The molecule has 9 nitrogen and oxygen atoms in total. The minimum Gasteiger partial charge on any atom is -0.393 e. The standard InChI is InChI=1S/C23H30N2O7S/c1-23(22(27)24-28,33(3,29)30)13-19-12-20(25-32-19)17-8-4-15(5-9-17)16-6-10-18(11-7-16)21(14-26)31-2/h4-11,19,21-22,24,26-28H,12-14H2,1-3H3/t19-,21?,22?,23-/m1/s1. The number of nitrogens with zero attached hydrogens (tertiary/aromatic N) is 1. The molecule has 33 heavy (non-hydrogen) atoms. The van der Waals surface area contributed by atoms with E-state index in [1.54, 1.807) is 12.6 Å². The zero-order valence-electron chi connectivity index (χ0n) is 18.8. The molecule has 0 fully saturated rings. The van der Waals surface area contributed by atoms with Crippen LogP contribution in [0.2, 0.25) is 0 Å². The van der Waals surface area contributed by atoms with Crippen molar-refractivity contribution in [1.82, 2.24) is 5.48 Å². The molecule has 0 saturated heterocycles. The van der Waals surface area contributed by atoms with Gasteiger partial charge in [-0.2, -0.15) is 5.48 Å². The van der Waals surface area contributed by atoms with Gasteiger partial charge in [0, 0.05) is 26.2 Å². The Morgan fingerprint density at radius 3 is 2.18 bits per heavy atom. The van der Waals surface area contributed by atoms with Crippen molar-refractivity contribution in [3.8, 4) is 11.1 Å². The van der Waals surface area contributed by atoms with E-state index >= 15 is 0 Å². The second-order valence-corrected chi connectivity index (χ2v) is 10.9. The molecule has 0 aliphatic carbocycles. The fourth-order valence-electron chi connectivity index (χ4n) is 3.82. The first-order valence-corrected chi connectivity index (χ1v) is 12.4. The Morgan fingerprint density at radius 2 is 1.70 bits per heavy atom. The molecule has 10 heteroatoms. The lowest BCUT2D eigenvalue weighted by atomic mass is 9.95. The third-order valence-corrected chi connectivity index (χ3v) is 8.28. The average Bonchev–Trinajstić information content (AvgIpc) is 3.27. The lowest BCUT2D eigenvalue weighted by Crippen LogP contribution is -2.54. The summed E-state index contributed by atoms with van der Waals surface area (Å²) in [5.74, 6) is 0. The van der Waals surface area contributed by atoms with Gasteiger partial charge in [0.2, 0.25) is 0 Å². The van der Waals surface area contributed by atoms with E-state index < -0.39 is 26.9 Å². The monoisotopic (exact) mass is 478 g/mol. The average molecular weight is 479 g/mol. The highest BCUT2D eigenvalue weighted by Gasteiger charge is 2.46. The molecule has 2 aromatic carbocycles. The summed E-state index contributed by atoms with van der Waals surface area (Å²) >= 11 is 0. The van der Waals surface area contributed by atoms with E-state index in [1.807, 2.05) is 48.5 Å². The number of hydroxylamine groups is 1. The van der Waals surface area contributed by atoms with Gasteiger partial charge in [0.25, 0.3) is 0 Å². The molecule has 1 heterocycles. The van der Waals surface area contributed by atoms with Gasteiger partial charge < -0.3 is 25.0 Å². The molecule has 2 aromatic rings. The minimum absolute atomic E-state index is 0.0473. The maximum atomic E-state index is 12.2. The Bertz CT molecular complexity index is 1070. The number of sulfone groups is 1. The van der Waals surface area contributed by atoms with E-state index in [0.717, 1.165) is 28.5 Å². The first-order valence-electron chi connectivity index (χ1n) is 10.5. The van der Waals surface area contributed by atoms with Crippen LogP contribution in [0.5, 0.6) is 0 Å². The second-order valence-electron chi connectivity index (χ2n) is 8.40. The Morgan fingerprint density at radius 1 is 1.15 bits per heavy atom. The molecular weight excluding hydrogens is 448 g/mol. The van der Waals surface area contributed by atoms with E-state index in [4.69, 9.17) is 14.8 Å². The van der Waals surface area contributed by atoms with Crippen molar-refractivity contribution in [3.63, 3.8) is 0 Å². The van der Waals surface area contributed by atoms with Gasteiger partial charge in [0.15, 0.2) is 9.84 Å². The lowest BCUT2D eigenvalue weighted by molar-refractivity contribution is -0.0355. The van der Waals surface area contributed by atoms with E-state index in [2.05, 4.69) is 5.16 Å². The van der Waals surface area contributed by atoms with Gasteiger partial charge in [0.1, 0.15) is 23.2 Å². The Labute approximate surface area is 193 Å². The maximum Gasteiger partial charge on any atom is 0.156 e. The van der Waals surface area contributed by atoms with Crippen LogP contribution in [0, 0.1) is 0 Å². The SMILES string of the molecule is COC(CO)c1ccc(-c2ccc(C3=NO[C@@H](C[C@](C)(C(O)NO)S(C)(=O)=O)C3)cc2)cc1. The number of benzene rings is 2. The number of ether oxygens (including phenoxy) is 1. The normalized spacial score (nSPS) is 19.9. The summed E-state index contributed by atoms with van der Waals surface area (Å²) in [5.41, 5.74) is 6.06. The molecule has 0 amide bonds. The van der Waals surface area contributed by atoms with Crippen LogP contribution in [0.15, 0.2) is 53.7 Å². The van der Waals surface area contributed by atoms with Crippen molar-refractivity contribution in [2.24, 2.45) is 5.16 Å². The topological polar surface area (TPSA) is 138 Å². The van der Waals surface area contributed by atoms with E-state index in [0.29, 0.717) is 12.1 Å². The van der Waals surface area contributed by atoms with Crippen LogP contribution in [0.3, 0.4) is 0 Å². The van der Waals surface area contributed by atoms with Crippen molar-refractivity contribution >= 4 is 15.5 Å². The van der Waals surface area contributed by atoms with Gasteiger partial charge in [-0.25, -0.2) is 8.42 Å². The fourth-order valence-corrected chi connectivity index (χ4v) is 4.77. The number of rotatable bonds is 10. The van der Waals surface area contributed by atoms with Crippen molar-refractivity contribution in [2.75, 3.05) is 20.0 Å². The highest BCUT2D eigenvalue weighted by Crippen LogP contribution is 2.31. The molecule has 0 radical (unpaired) electrons. The first-order chi connectivity index (χ1) is 15.6. The number of aliphatic hydroxyl groups excluding tert-OH is 2. The Hall–Kier alpha value is -2.34. The zero-order chi connectivity index (χ0) is 24.2. The summed E-state index contributed by atoms with van der Waals surface area (Å²) < 4.78 is 28.1. The van der Waals surface area contributed by atoms with Crippen LogP contribution in [0.1, 0.15) is 37.0 Å². The van der Waals surface area contributed by atoms with Crippen LogP contribution >= 0.6 is 0 Å². The quantitative estimate of drug-likeness (QED) is 0.301. The number of hydrogen-bond donors (Lipinski definition) is 4. The van der Waals surface area contributed by atoms with Crippen LogP contribution in [0.25, 0.3) is 11.1 Å². The van der Waals surface area contributed by atoms with Crippen LogP contribution in [-0.2, 0) is 19.4 Å². The fraction of sp³-hybridized carbons (Fsp3) is 0.435. The van der Waals surface area contributed by atoms with Crippen LogP contribution in [0.4, 0.5) is 0 Å². The molecule has 0 spiro atoms. The van der Waals surface area contributed by atoms with E-state index in [-0.39, 0.29) is 19.1 Å². The molecule has 180 valence electrons. The highest BCUT2D eigenvalue weighted by atomic mass is 32.2. The Kier molecular flexibility index (Phi) is 7.88. The van der Waals surface area contributed by atoms with Gasteiger partial charge >= 0.3 is 0 Å². The van der Waals surface area contributed by atoms with Gasteiger partial charge in [-0.15, -0.1) is 0 Å². The molecule has 0 bridgehead atoms. The van der Waals surface area contributed by atoms with Gasteiger partial charge in [0.05, 0.1) is 12.3 Å². The summed E-state index contributed by atoms with van der Waals surface area (Å²) in [4.78, 5) is 5.45. The number of nitrogens with one attached hydrogen (secondary N) is 1. The number of hydrogen-bond acceptors (Lipinski definition) is 9. The summed E-state index contributed by atoms with van der Waals surface area (Å²) in [6, 6.07) is 15.5. The summed E-state index contributed by atoms with van der Waals surface area (Å²) in [6.45, 7) is 1.27. The molecule has 1 aliphatic rings. The minimum atomic E-state index is -3.72. The highest BCUT2D eigenvalue weighted by molar-refractivity contribution is 7.92. The molecule has 2 unspecified atom stereocenters. The van der Waals surface area contributed by atoms with Crippen LogP contribution in [-0.4, -0.2) is 66.6 Å². The number of aliphatic hydroxyl groups is 2. The van der Waals surface area contributed by atoms with Gasteiger partial charge in [-0.3, -0.25) is 0 Å². The molecule has 4 atom stereocenters. The van der Waals surface area contributed by atoms with Crippen molar-refractivity contribution < 1.29 is 33.4 Å². The van der Waals surface area contributed by atoms with Crippen molar-refractivity contribution in [3.05, 3.63) is 59.7 Å². The largest absolute Gasteiger partial charge is 0.393 e. The summed E-state index contributed by atoms with van der Waals surface area (Å²) in [5, 5.41) is 32.6. The van der Waals surface area contributed by atoms with Gasteiger partial charge in [-0.05, 0) is 29.2 Å². The lowest BCUT2D eigenvalue weighted by Gasteiger charge is -2.32. The zero-order valence-corrected chi connectivity index (χ0v) is 19.6. The molecule has 3 rings (SSSR count). The van der Waals surface area contributed by atoms with Crippen LogP contribution < -0.4 is 5.48 Å². The van der Waals surface area contributed by atoms with E-state index in [9.17, 15) is 18.6 Å².